The van der Waals surface area contributed by atoms with E-state index in [0.717, 1.165) is 17.2 Å². The molecule has 2 N–H and O–H groups in total. The molecule has 0 radical (unpaired) electrons. The first-order valence-corrected chi connectivity index (χ1v) is 10.7. The van der Waals surface area contributed by atoms with Gasteiger partial charge in [0.25, 0.3) is 5.91 Å². The van der Waals surface area contributed by atoms with Crippen molar-refractivity contribution in [3.63, 3.8) is 0 Å². The number of rotatable bonds is 10. The van der Waals surface area contributed by atoms with E-state index in [-0.39, 0.29) is 18.2 Å². The third-order valence-corrected chi connectivity index (χ3v) is 5.35. The maximum atomic E-state index is 13.8. The van der Waals surface area contributed by atoms with Gasteiger partial charge in [-0.1, -0.05) is 31.2 Å². The zero-order valence-corrected chi connectivity index (χ0v) is 18.8. The number of aliphatic carboxylic acids is 1. The van der Waals surface area contributed by atoms with Crippen LogP contribution in [0.2, 0.25) is 0 Å². The Morgan fingerprint density at radius 1 is 1.00 bits per heavy atom. The Labute approximate surface area is 196 Å². The van der Waals surface area contributed by atoms with Crippen LogP contribution in [0, 0.1) is 17.6 Å². The van der Waals surface area contributed by atoms with Crippen LogP contribution in [0.25, 0.3) is 0 Å². The third kappa shape index (κ3) is 6.10. The second-order valence-corrected chi connectivity index (χ2v) is 7.66. The predicted molar refractivity (Wildman–Crippen MR) is 122 cm³/mol. The van der Waals surface area contributed by atoms with Gasteiger partial charge < -0.3 is 19.9 Å². The van der Waals surface area contributed by atoms with Crippen molar-refractivity contribution in [2.45, 2.75) is 26.3 Å². The molecule has 3 aromatic carbocycles. The van der Waals surface area contributed by atoms with Crippen LogP contribution >= 0.6 is 0 Å². The first-order chi connectivity index (χ1) is 16.3. The predicted octanol–water partition coefficient (Wildman–Crippen LogP) is 5.35. The monoisotopic (exact) mass is 469 g/mol. The molecule has 1 atom stereocenters. The van der Waals surface area contributed by atoms with Gasteiger partial charge in [-0.25, -0.2) is 4.39 Å². The molecule has 0 heterocycles. The highest BCUT2D eigenvalue weighted by atomic mass is 19.2. The normalized spacial score (nSPS) is 11.5. The van der Waals surface area contributed by atoms with E-state index in [1.807, 2.05) is 0 Å². The summed E-state index contributed by atoms with van der Waals surface area (Å²) >= 11 is 0. The summed E-state index contributed by atoms with van der Waals surface area (Å²) < 4.78 is 37.8. The van der Waals surface area contributed by atoms with Gasteiger partial charge in [0.2, 0.25) is 5.82 Å². The highest BCUT2D eigenvalue weighted by molar-refractivity contribution is 5.97. The van der Waals surface area contributed by atoms with Crippen LogP contribution in [0.15, 0.2) is 60.7 Å². The van der Waals surface area contributed by atoms with Crippen molar-refractivity contribution in [3.8, 4) is 17.2 Å². The summed E-state index contributed by atoms with van der Waals surface area (Å²) in [5, 5.41) is 12.1. The van der Waals surface area contributed by atoms with Crippen LogP contribution in [0.1, 0.15) is 34.8 Å². The molecule has 3 rings (SSSR count). The van der Waals surface area contributed by atoms with E-state index in [4.69, 9.17) is 9.47 Å². The Bertz CT molecular complexity index is 1160. The van der Waals surface area contributed by atoms with Crippen LogP contribution in [0.4, 0.5) is 8.78 Å². The lowest BCUT2D eigenvalue weighted by Gasteiger charge is -2.14. The standard InChI is InChI=1S/C26H25F2NO5/c1-3-18(26(31)32)13-17-9-12-22(33-2)20(14-17)25(30)29-15-16-7-10-19(11-8-16)34-23-6-4-5-21(27)24(23)28/h4-12,14,18H,3,13,15H2,1-2H3,(H,29,30)(H,31,32)/t18-/m0/s1. The van der Waals surface area contributed by atoms with Crippen molar-refractivity contribution < 1.29 is 33.0 Å². The average Bonchev–Trinajstić information content (AvgIpc) is 2.84. The Morgan fingerprint density at radius 3 is 2.35 bits per heavy atom. The van der Waals surface area contributed by atoms with Crippen LogP contribution in [-0.2, 0) is 17.8 Å². The topological polar surface area (TPSA) is 84.9 Å². The van der Waals surface area contributed by atoms with Crippen LogP contribution < -0.4 is 14.8 Å². The Balaban J connectivity index is 1.66. The first kappa shape index (κ1) is 24.7. The van der Waals surface area contributed by atoms with Gasteiger partial charge in [-0.3, -0.25) is 9.59 Å². The van der Waals surface area contributed by atoms with Gasteiger partial charge in [0.15, 0.2) is 11.6 Å². The average molecular weight is 469 g/mol. The number of carboxylic acid groups (broad SMARTS) is 1. The van der Waals surface area contributed by atoms with Crippen LogP contribution in [-0.4, -0.2) is 24.1 Å². The largest absolute Gasteiger partial charge is 0.496 e. The van der Waals surface area contributed by atoms with Crippen molar-refractivity contribution in [2.75, 3.05) is 7.11 Å². The van der Waals surface area contributed by atoms with Gasteiger partial charge in [0.05, 0.1) is 18.6 Å². The summed E-state index contributed by atoms with van der Waals surface area (Å²) in [5.41, 5.74) is 1.79. The maximum Gasteiger partial charge on any atom is 0.306 e. The number of methoxy groups -OCH3 is 1. The lowest BCUT2D eigenvalue weighted by molar-refractivity contribution is -0.141. The van der Waals surface area contributed by atoms with Gasteiger partial charge in [0.1, 0.15) is 11.5 Å². The smallest absolute Gasteiger partial charge is 0.306 e. The molecule has 0 aromatic heterocycles. The number of carbonyl (C=O) groups excluding carboxylic acids is 1. The molecule has 0 spiro atoms. The molecule has 0 saturated heterocycles. The molecule has 0 saturated carbocycles. The summed E-state index contributed by atoms with van der Waals surface area (Å²) in [5.74, 6) is -3.37. The van der Waals surface area contributed by atoms with Crippen molar-refractivity contribution >= 4 is 11.9 Å². The minimum Gasteiger partial charge on any atom is -0.496 e. The molecule has 0 aliphatic rings. The van der Waals surface area contributed by atoms with Gasteiger partial charge in [-0.15, -0.1) is 0 Å². The Kier molecular flexibility index (Phi) is 8.19. The number of benzene rings is 3. The Morgan fingerprint density at radius 2 is 1.71 bits per heavy atom. The number of hydrogen-bond donors (Lipinski definition) is 2. The molecule has 3 aromatic rings. The molecule has 34 heavy (non-hydrogen) atoms. The summed E-state index contributed by atoms with van der Waals surface area (Å²) in [7, 11) is 1.46. The molecule has 0 aliphatic carbocycles. The minimum atomic E-state index is -1.07. The molecular formula is C26H25F2NO5. The first-order valence-electron chi connectivity index (χ1n) is 10.7. The van der Waals surface area contributed by atoms with E-state index >= 15 is 0 Å². The number of halogens is 2. The van der Waals surface area contributed by atoms with E-state index in [0.29, 0.717) is 29.9 Å². The number of ether oxygens (including phenoxy) is 2. The number of hydrogen-bond acceptors (Lipinski definition) is 4. The van der Waals surface area contributed by atoms with Crippen LogP contribution in [0.5, 0.6) is 17.2 Å². The van der Waals surface area contributed by atoms with Crippen molar-refractivity contribution in [1.82, 2.24) is 5.32 Å². The maximum absolute atomic E-state index is 13.8. The Hall–Kier alpha value is -3.94. The fraction of sp³-hybridized carbons (Fsp3) is 0.231. The van der Waals surface area contributed by atoms with Gasteiger partial charge >= 0.3 is 5.97 Å². The number of nitrogens with one attached hydrogen (secondary N) is 1. The lowest BCUT2D eigenvalue weighted by atomic mass is 9.95. The molecule has 8 heteroatoms. The van der Waals surface area contributed by atoms with E-state index in [1.165, 1.54) is 19.2 Å². The number of carbonyl (C=O) groups is 2. The van der Waals surface area contributed by atoms with Gasteiger partial charge in [0, 0.05) is 6.54 Å². The number of carboxylic acids is 1. The highest BCUT2D eigenvalue weighted by Gasteiger charge is 2.18. The SMILES string of the molecule is CC[C@@H](Cc1ccc(OC)c(C(=O)NCc2ccc(Oc3cccc(F)c3F)cc2)c1)C(=O)O. The van der Waals surface area contributed by atoms with Gasteiger partial charge in [-0.05, 0) is 60.4 Å². The highest BCUT2D eigenvalue weighted by Crippen LogP contribution is 2.26. The fourth-order valence-corrected chi connectivity index (χ4v) is 3.39. The molecule has 0 aliphatic heterocycles. The van der Waals surface area contributed by atoms with E-state index < -0.39 is 23.5 Å². The summed E-state index contributed by atoms with van der Waals surface area (Å²) in [6.45, 7) is 2.01. The van der Waals surface area contributed by atoms with E-state index in [9.17, 15) is 23.5 Å². The molecule has 0 fully saturated rings. The summed E-state index contributed by atoms with van der Waals surface area (Å²) in [6.07, 6.45) is 0.790. The van der Waals surface area contributed by atoms with Gasteiger partial charge in [-0.2, -0.15) is 4.39 Å². The van der Waals surface area contributed by atoms with Crippen molar-refractivity contribution in [2.24, 2.45) is 5.92 Å². The molecule has 1 amide bonds. The lowest BCUT2D eigenvalue weighted by Crippen LogP contribution is -2.24. The fourth-order valence-electron chi connectivity index (χ4n) is 3.39. The summed E-state index contributed by atoms with van der Waals surface area (Å²) in [6, 6.07) is 15.3. The molecule has 178 valence electrons. The van der Waals surface area contributed by atoms with Crippen molar-refractivity contribution in [1.29, 1.82) is 0 Å². The molecular weight excluding hydrogens is 444 g/mol. The zero-order chi connectivity index (χ0) is 24.7. The van der Waals surface area contributed by atoms with E-state index in [2.05, 4.69) is 5.32 Å². The molecule has 0 unspecified atom stereocenters. The van der Waals surface area contributed by atoms with Crippen molar-refractivity contribution in [3.05, 3.63) is 89.0 Å². The molecule has 6 nitrogen and oxygen atoms in total. The van der Waals surface area contributed by atoms with E-state index in [1.54, 1.807) is 49.4 Å². The second kappa shape index (κ2) is 11.3. The third-order valence-electron chi connectivity index (χ3n) is 5.35. The number of amides is 1. The minimum absolute atomic E-state index is 0.202. The second-order valence-electron chi connectivity index (χ2n) is 7.66. The van der Waals surface area contributed by atoms with Crippen LogP contribution in [0.3, 0.4) is 0 Å². The molecule has 0 bridgehead atoms. The quantitative estimate of drug-likeness (QED) is 0.418. The zero-order valence-electron chi connectivity index (χ0n) is 18.8. The summed E-state index contributed by atoms with van der Waals surface area (Å²) in [4.78, 5) is 24.2.